The van der Waals surface area contributed by atoms with Crippen molar-refractivity contribution in [2.45, 2.75) is 0 Å². The van der Waals surface area contributed by atoms with E-state index in [-0.39, 0.29) is 5.56 Å². The minimum Gasteiger partial charge on any atom is -0.475 e. The van der Waals surface area contributed by atoms with Crippen LogP contribution in [0.2, 0.25) is 0 Å². The summed E-state index contributed by atoms with van der Waals surface area (Å²) < 4.78 is 0. The Hall–Kier alpha value is -2.87. The number of halogens is 3. The molecule has 0 bridgehead atoms. The molecule has 0 aliphatic heterocycles. The van der Waals surface area contributed by atoms with E-state index in [9.17, 15) is 28.8 Å². The lowest BCUT2D eigenvalue weighted by atomic mass is 10.1. The van der Waals surface area contributed by atoms with Crippen LogP contribution in [0.4, 0.5) is 0 Å². The zero-order chi connectivity index (χ0) is 21.7. The van der Waals surface area contributed by atoms with Gasteiger partial charge in [0.1, 0.15) is 0 Å². The Morgan fingerprint density at radius 2 is 0.857 bits per heavy atom. The van der Waals surface area contributed by atoms with Gasteiger partial charge >= 0.3 is 16.5 Å². The van der Waals surface area contributed by atoms with Gasteiger partial charge < -0.3 is 5.11 Å². The number of hydrogen-bond donors (Lipinski definition) is 1. The third-order valence-electron chi connectivity index (χ3n) is 2.60. The molecule has 2 rings (SSSR count). The third-order valence-corrected chi connectivity index (χ3v) is 3.21. The van der Waals surface area contributed by atoms with E-state index in [4.69, 9.17) is 16.7 Å². The van der Waals surface area contributed by atoms with Gasteiger partial charge in [0.05, 0.1) is 0 Å². The second-order valence-corrected chi connectivity index (χ2v) is 5.55. The molecule has 0 heterocycles. The van der Waals surface area contributed by atoms with Crippen LogP contribution in [0.15, 0.2) is 60.7 Å². The van der Waals surface area contributed by atoms with Crippen LogP contribution in [0.25, 0.3) is 0 Å². The van der Waals surface area contributed by atoms with E-state index in [2.05, 4.69) is 23.2 Å². The topological polar surface area (TPSA) is 123 Å². The Morgan fingerprint density at radius 3 is 1.11 bits per heavy atom. The second kappa shape index (κ2) is 13.3. The molecule has 0 radical (unpaired) electrons. The molecule has 0 fully saturated rings. The molecule has 0 saturated heterocycles. The first-order chi connectivity index (χ1) is 13.1. The monoisotopic (exact) mass is 444 g/mol. The number of ketones is 2. The van der Waals surface area contributed by atoms with E-state index in [0.717, 1.165) is 0 Å². The number of benzene rings is 2. The maximum Gasteiger partial charge on any atom is 0.377 e. The lowest BCUT2D eigenvalue weighted by Crippen LogP contribution is -2.12. The zero-order valence-corrected chi connectivity index (χ0v) is 16.1. The van der Waals surface area contributed by atoms with Gasteiger partial charge in [-0.25, -0.2) is 4.79 Å². The van der Waals surface area contributed by atoms with Gasteiger partial charge in [-0.15, -0.1) is 0 Å². The number of carboxylic acids is 1. The first kappa shape index (κ1) is 25.1. The van der Waals surface area contributed by atoms with Crippen LogP contribution >= 0.6 is 34.8 Å². The van der Waals surface area contributed by atoms with E-state index < -0.39 is 33.3 Å². The quantitative estimate of drug-likeness (QED) is 0.426. The average molecular weight is 446 g/mol. The fourth-order valence-electron chi connectivity index (χ4n) is 1.42. The number of carbonyl (C=O) groups is 6. The molecule has 0 unspecified atom stereocenters. The van der Waals surface area contributed by atoms with Crippen molar-refractivity contribution >= 4 is 68.1 Å². The number of hydrogen-bond acceptors (Lipinski definition) is 6. The van der Waals surface area contributed by atoms with Crippen LogP contribution in [0.3, 0.4) is 0 Å². The molecule has 0 amide bonds. The van der Waals surface area contributed by atoms with Crippen molar-refractivity contribution in [1.82, 2.24) is 0 Å². The summed E-state index contributed by atoms with van der Waals surface area (Å²) in [5.41, 5.74) is 0.535. The zero-order valence-electron chi connectivity index (χ0n) is 13.8. The first-order valence-corrected chi connectivity index (χ1v) is 8.22. The second-order valence-electron chi connectivity index (χ2n) is 4.52. The number of Topliss-reactive ketones (excluding diaryl/α,β-unsaturated/α-hetero) is 2. The molecular formula is C18H11Cl3O7. The Kier molecular flexibility index (Phi) is 12.0. The van der Waals surface area contributed by atoms with Crippen LogP contribution in [-0.4, -0.2) is 38.4 Å². The lowest BCUT2D eigenvalue weighted by Gasteiger charge is -1.91. The van der Waals surface area contributed by atoms with Crippen molar-refractivity contribution in [3.8, 4) is 0 Å². The third kappa shape index (κ3) is 10.3. The van der Waals surface area contributed by atoms with Crippen LogP contribution in [-0.2, 0) is 19.2 Å². The summed E-state index contributed by atoms with van der Waals surface area (Å²) in [5, 5.41) is 5.05. The molecular weight excluding hydrogens is 435 g/mol. The van der Waals surface area contributed by atoms with E-state index in [1.54, 1.807) is 48.5 Å². The van der Waals surface area contributed by atoms with Crippen LogP contribution in [0, 0.1) is 0 Å². The fraction of sp³-hybridized carbons (Fsp3) is 0. The van der Waals surface area contributed by atoms with Gasteiger partial charge in [0.2, 0.25) is 5.78 Å². The van der Waals surface area contributed by atoms with Crippen molar-refractivity contribution in [2.24, 2.45) is 0 Å². The van der Waals surface area contributed by atoms with E-state index in [0.29, 0.717) is 5.56 Å². The molecule has 0 saturated carbocycles. The van der Waals surface area contributed by atoms with Crippen molar-refractivity contribution in [1.29, 1.82) is 0 Å². The minimum absolute atomic E-state index is 0.208. The molecule has 0 atom stereocenters. The molecule has 10 heteroatoms. The summed E-state index contributed by atoms with van der Waals surface area (Å²) >= 11 is 14.0. The van der Waals surface area contributed by atoms with Crippen molar-refractivity contribution in [3.05, 3.63) is 71.8 Å². The number of carboxylic acid groups (broad SMARTS) is 1. The molecule has 1 N–H and O–H groups in total. The van der Waals surface area contributed by atoms with Gasteiger partial charge in [-0.1, -0.05) is 60.7 Å². The highest BCUT2D eigenvalue weighted by molar-refractivity contribution is 6.97. The molecule has 28 heavy (non-hydrogen) atoms. The normalized spacial score (nSPS) is 8.82. The first-order valence-electron chi connectivity index (χ1n) is 7.09. The predicted octanol–water partition coefficient (Wildman–Crippen LogP) is 3.11. The summed E-state index contributed by atoms with van der Waals surface area (Å²) in [6.07, 6.45) is 0. The highest BCUT2D eigenvalue weighted by Gasteiger charge is 2.12. The summed E-state index contributed by atoms with van der Waals surface area (Å²) in [4.78, 5) is 61.0. The SMILES string of the molecule is O=C(Cl)C(=O)Cl.O=C(Cl)C(=O)c1ccccc1.O=C(O)C(=O)c1ccccc1. The van der Waals surface area contributed by atoms with Crippen molar-refractivity contribution < 1.29 is 33.9 Å². The molecule has 0 aromatic heterocycles. The molecule has 0 aliphatic rings. The highest BCUT2D eigenvalue weighted by Crippen LogP contribution is 2.01. The Bertz CT molecular complexity index is 792. The molecule has 2 aromatic rings. The number of aliphatic carboxylic acids is 1. The maximum absolute atomic E-state index is 10.9. The molecule has 2 aromatic carbocycles. The standard InChI is InChI=1S/C8H5ClO2.C8H6O3.C2Cl2O2/c9-8(11)7(10)6-4-2-1-3-5-6;9-7(8(10)11)6-4-2-1-3-5-6;3-1(5)2(4)6/h1-5H;1-5H,(H,10,11);. The summed E-state index contributed by atoms with van der Waals surface area (Å²) in [6.45, 7) is 0. The number of carbonyl (C=O) groups excluding carboxylic acids is 5. The van der Waals surface area contributed by atoms with Crippen LogP contribution in [0.5, 0.6) is 0 Å². The smallest absolute Gasteiger partial charge is 0.377 e. The van der Waals surface area contributed by atoms with E-state index >= 15 is 0 Å². The summed E-state index contributed by atoms with van der Waals surface area (Å²) in [5.74, 6) is -2.95. The molecule has 146 valence electrons. The van der Waals surface area contributed by atoms with Crippen LogP contribution in [0.1, 0.15) is 20.7 Å². The molecule has 0 aliphatic carbocycles. The summed E-state index contributed by atoms with van der Waals surface area (Å²) in [6, 6.07) is 16.1. The van der Waals surface area contributed by atoms with Gasteiger partial charge in [-0.3, -0.25) is 24.0 Å². The fourth-order valence-corrected chi connectivity index (χ4v) is 1.53. The van der Waals surface area contributed by atoms with Crippen molar-refractivity contribution in [3.63, 3.8) is 0 Å². The molecule has 0 spiro atoms. The lowest BCUT2D eigenvalue weighted by molar-refractivity contribution is -0.131. The maximum atomic E-state index is 10.9. The van der Waals surface area contributed by atoms with Gasteiger partial charge in [-0.05, 0) is 34.8 Å². The highest BCUT2D eigenvalue weighted by atomic mass is 35.5. The number of rotatable bonds is 5. The predicted molar refractivity (Wildman–Crippen MR) is 102 cm³/mol. The van der Waals surface area contributed by atoms with Gasteiger partial charge in [0, 0.05) is 11.1 Å². The van der Waals surface area contributed by atoms with Crippen LogP contribution < -0.4 is 0 Å². The van der Waals surface area contributed by atoms with E-state index in [1.165, 1.54) is 12.1 Å². The van der Waals surface area contributed by atoms with Gasteiger partial charge in [0.15, 0.2) is 0 Å². The summed E-state index contributed by atoms with van der Waals surface area (Å²) in [7, 11) is 0. The average Bonchev–Trinajstić information content (AvgIpc) is 2.68. The van der Waals surface area contributed by atoms with E-state index in [1.807, 2.05) is 0 Å². The Labute approximate surface area is 173 Å². The minimum atomic E-state index is -1.42. The Morgan fingerprint density at radius 1 is 0.536 bits per heavy atom. The molecule has 7 nitrogen and oxygen atoms in total. The van der Waals surface area contributed by atoms with Crippen molar-refractivity contribution in [2.75, 3.05) is 0 Å². The largest absolute Gasteiger partial charge is 0.475 e. The van der Waals surface area contributed by atoms with Gasteiger partial charge in [0.25, 0.3) is 11.0 Å². The Balaban J connectivity index is 0.000000411. The van der Waals surface area contributed by atoms with Gasteiger partial charge in [-0.2, -0.15) is 0 Å².